The maximum Gasteiger partial charge on any atom is 0.416 e. The Balaban J connectivity index is 1.54. The number of rotatable bonds is 3. The third kappa shape index (κ3) is 3.95. The van der Waals surface area contributed by atoms with Crippen LogP contribution in [0.1, 0.15) is 33.8 Å². The van der Waals surface area contributed by atoms with Crippen molar-refractivity contribution >= 4 is 5.91 Å². The number of nitrogens with one attached hydrogen (secondary N) is 1. The van der Waals surface area contributed by atoms with E-state index in [2.05, 4.69) is 5.32 Å². The van der Waals surface area contributed by atoms with E-state index in [1.54, 1.807) is 12.1 Å². The van der Waals surface area contributed by atoms with Crippen LogP contribution in [0.4, 0.5) is 13.2 Å². The maximum absolute atomic E-state index is 12.8. The zero-order chi connectivity index (χ0) is 21.5. The van der Waals surface area contributed by atoms with Crippen LogP contribution in [-0.2, 0) is 6.18 Å². The second-order valence-corrected chi connectivity index (χ2v) is 7.38. The Bertz CT molecular complexity index is 931. The van der Waals surface area contributed by atoms with Crippen LogP contribution in [0.5, 0.6) is 11.5 Å². The first-order chi connectivity index (χ1) is 14.2. The van der Waals surface area contributed by atoms with Crippen LogP contribution < -0.4 is 14.8 Å². The van der Waals surface area contributed by atoms with Gasteiger partial charge < -0.3 is 25.0 Å². The fraction of sp³-hybridized carbons (Fsp3) is 0.381. The lowest BCUT2D eigenvalue weighted by Gasteiger charge is -2.25. The van der Waals surface area contributed by atoms with Crippen LogP contribution in [0.25, 0.3) is 0 Å². The number of benzene rings is 2. The van der Waals surface area contributed by atoms with Crippen molar-refractivity contribution in [3.05, 3.63) is 59.2 Å². The van der Waals surface area contributed by atoms with Gasteiger partial charge in [0.15, 0.2) is 11.5 Å². The molecule has 1 fully saturated rings. The molecule has 3 N–H and O–H groups in total. The van der Waals surface area contributed by atoms with Crippen molar-refractivity contribution in [2.45, 2.75) is 36.8 Å². The number of alkyl halides is 3. The molecule has 2 aromatic rings. The summed E-state index contributed by atoms with van der Waals surface area (Å²) in [5, 5.41) is 23.2. The number of ether oxygens (including phenoxy) is 2. The summed E-state index contributed by atoms with van der Waals surface area (Å²) >= 11 is 0. The molecule has 0 radical (unpaired) electrons. The maximum atomic E-state index is 12.8. The van der Waals surface area contributed by atoms with Gasteiger partial charge >= 0.3 is 6.18 Å². The summed E-state index contributed by atoms with van der Waals surface area (Å²) in [6.07, 6.45) is -6.71. The van der Waals surface area contributed by atoms with E-state index < -0.39 is 41.8 Å². The summed E-state index contributed by atoms with van der Waals surface area (Å²) in [4.78, 5) is 12.8. The molecule has 0 spiro atoms. The first-order valence-electron chi connectivity index (χ1n) is 9.48. The van der Waals surface area contributed by atoms with Crippen LogP contribution >= 0.6 is 0 Å². The van der Waals surface area contributed by atoms with Crippen LogP contribution in [0.15, 0.2) is 42.5 Å². The molecule has 9 heteroatoms. The Labute approximate surface area is 170 Å². The van der Waals surface area contributed by atoms with E-state index in [4.69, 9.17) is 9.47 Å². The van der Waals surface area contributed by atoms with Crippen molar-refractivity contribution in [1.82, 2.24) is 5.32 Å². The lowest BCUT2D eigenvalue weighted by atomic mass is 9.92. The molecular weight excluding hydrogens is 403 g/mol. The monoisotopic (exact) mass is 423 g/mol. The van der Waals surface area contributed by atoms with Crippen molar-refractivity contribution in [2.24, 2.45) is 0 Å². The Kier molecular flexibility index (Phi) is 5.33. The molecule has 1 amide bonds. The normalized spacial score (nSPS) is 25.8. The minimum atomic E-state index is -4.46. The molecule has 1 saturated carbocycles. The van der Waals surface area contributed by atoms with Crippen LogP contribution in [0.3, 0.4) is 0 Å². The van der Waals surface area contributed by atoms with Gasteiger partial charge in [0.2, 0.25) is 0 Å². The number of aliphatic hydroxyl groups excluding tert-OH is 2. The number of halogens is 3. The lowest BCUT2D eigenvalue weighted by molar-refractivity contribution is -0.137. The summed E-state index contributed by atoms with van der Waals surface area (Å²) in [5.41, 5.74) is -0.0210. The molecule has 2 aromatic carbocycles. The van der Waals surface area contributed by atoms with E-state index in [1.807, 2.05) is 0 Å². The minimum Gasteiger partial charge on any atom is -0.486 e. The van der Waals surface area contributed by atoms with E-state index in [0.29, 0.717) is 30.3 Å². The predicted octanol–water partition coefficient (Wildman–Crippen LogP) is 2.48. The molecule has 30 heavy (non-hydrogen) atoms. The number of hydrogen-bond donors (Lipinski definition) is 3. The second-order valence-electron chi connectivity index (χ2n) is 7.38. The zero-order valence-electron chi connectivity index (χ0n) is 15.7. The Morgan fingerprint density at radius 2 is 1.67 bits per heavy atom. The molecule has 160 valence electrons. The number of carbonyl (C=O) groups is 1. The van der Waals surface area contributed by atoms with Gasteiger partial charge in [-0.3, -0.25) is 4.79 Å². The first-order valence-corrected chi connectivity index (χ1v) is 9.48. The summed E-state index contributed by atoms with van der Waals surface area (Å²) < 4.78 is 49.4. The van der Waals surface area contributed by atoms with E-state index in [0.717, 1.165) is 12.1 Å². The average molecular weight is 423 g/mol. The van der Waals surface area contributed by atoms with E-state index in [9.17, 15) is 28.2 Å². The molecule has 1 heterocycles. The average Bonchev–Trinajstić information content (AvgIpc) is 3.01. The number of amides is 1. The summed E-state index contributed by atoms with van der Waals surface area (Å²) in [7, 11) is 0. The van der Waals surface area contributed by atoms with Crippen LogP contribution in [-0.4, -0.2) is 47.6 Å². The van der Waals surface area contributed by atoms with E-state index in [1.165, 1.54) is 18.2 Å². The van der Waals surface area contributed by atoms with Gasteiger partial charge in [-0.15, -0.1) is 0 Å². The largest absolute Gasteiger partial charge is 0.486 e. The lowest BCUT2D eigenvalue weighted by Crippen LogP contribution is -2.45. The highest BCUT2D eigenvalue weighted by molar-refractivity contribution is 5.95. The number of hydrogen-bond acceptors (Lipinski definition) is 5. The van der Waals surface area contributed by atoms with Crippen LogP contribution in [0, 0.1) is 0 Å². The number of carbonyl (C=O) groups excluding carboxylic acids is 1. The molecular formula is C21H20F3NO5. The van der Waals surface area contributed by atoms with E-state index in [-0.39, 0.29) is 12.0 Å². The zero-order valence-corrected chi connectivity index (χ0v) is 15.7. The van der Waals surface area contributed by atoms with Gasteiger partial charge in [0.1, 0.15) is 19.3 Å². The molecule has 0 saturated heterocycles. The van der Waals surface area contributed by atoms with Gasteiger partial charge in [0, 0.05) is 11.5 Å². The minimum absolute atomic E-state index is 0.110. The molecule has 4 rings (SSSR count). The third-order valence-electron chi connectivity index (χ3n) is 5.46. The molecule has 4 atom stereocenters. The highest BCUT2D eigenvalue weighted by atomic mass is 19.4. The third-order valence-corrected chi connectivity index (χ3v) is 5.46. The molecule has 4 unspecified atom stereocenters. The molecule has 1 aliphatic carbocycles. The molecule has 6 nitrogen and oxygen atoms in total. The van der Waals surface area contributed by atoms with E-state index >= 15 is 0 Å². The molecule has 0 aromatic heterocycles. The quantitative estimate of drug-likeness (QED) is 0.706. The van der Waals surface area contributed by atoms with Crippen LogP contribution in [0.2, 0.25) is 0 Å². The van der Waals surface area contributed by atoms with Crippen molar-refractivity contribution < 1.29 is 37.7 Å². The molecule has 0 bridgehead atoms. The van der Waals surface area contributed by atoms with Gasteiger partial charge in [0.05, 0.1) is 17.7 Å². The van der Waals surface area contributed by atoms with Crippen molar-refractivity contribution in [3.63, 3.8) is 0 Å². The predicted molar refractivity (Wildman–Crippen MR) is 99.5 cm³/mol. The second kappa shape index (κ2) is 7.81. The van der Waals surface area contributed by atoms with Gasteiger partial charge in [-0.2, -0.15) is 13.2 Å². The summed E-state index contributed by atoms with van der Waals surface area (Å²) in [5.74, 6) is -0.0857. The van der Waals surface area contributed by atoms with Crippen molar-refractivity contribution in [1.29, 1.82) is 0 Å². The Hall–Kier alpha value is -2.78. The summed E-state index contributed by atoms with van der Waals surface area (Å²) in [6, 6.07) is 8.33. The Morgan fingerprint density at radius 3 is 2.33 bits per heavy atom. The standard InChI is InChI=1S/C21H20F3NO5/c22-21(23,24)13-4-1-11(2-5-13)14-10-15(26)19(27)18(14)25-20(28)12-3-6-16-17(9-12)30-8-7-29-16/h1-6,9,14-15,18-19,26-27H,7-8,10H2,(H,25,28). The fourth-order valence-electron chi connectivity index (χ4n) is 3.89. The van der Waals surface area contributed by atoms with Gasteiger partial charge in [-0.25, -0.2) is 0 Å². The topological polar surface area (TPSA) is 88.0 Å². The van der Waals surface area contributed by atoms with Gasteiger partial charge in [-0.1, -0.05) is 12.1 Å². The number of aliphatic hydroxyl groups is 2. The van der Waals surface area contributed by atoms with Gasteiger partial charge in [0.25, 0.3) is 5.91 Å². The summed E-state index contributed by atoms with van der Waals surface area (Å²) in [6.45, 7) is 0.779. The highest BCUT2D eigenvalue weighted by Gasteiger charge is 2.43. The fourth-order valence-corrected chi connectivity index (χ4v) is 3.89. The highest BCUT2D eigenvalue weighted by Crippen LogP contribution is 2.37. The molecule has 2 aliphatic rings. The first kappa shape index (κ1) is 20.5. The Morgan fingerprint density at radius 1 is 1.00 bits per heavy atom. The SMILES string of the molecule is O=C(NC1C(c2ccc(C(F)(F)F)cc2)CC(O)C1O)c1ccc2c(c1)OCCO2. The number of fused-ring (bicyclic) bond motifs is 1. The van der Waals surface area contributed by atoms with Crippen molar-refractivity contribution in [3.8, 4) is 11.5 Å². The smallest absolute Gasteiger partial charge is 0.416 e. The van der Waals surface area contributed by atoms with Gasteiger partial charge in [-0.05, 0) is 42.3 Å². The van der Waals surface area contributed by atoms with Crippen molar-refractivity contribution in [2.75, 3.05) is 13.2 Å². The molecule has 1 aliphatic heterocycles.